The highest BCUT2D eigenvalue weighted by Gasteiger charge is 2.14. The highest BCUT2D eigenvalue weighted by molar-refractivity contribution is 6.38. The first-order valence-electron chi connectivity index (χ1n) is 9.85. The van der Waals surface area contributed by atoms with Crippen LogP contribution in [0.3, 0.4) is 0 Å². The van der Waals surface area contributed by atoms with Crippen molar-refractivity contribution in [2.45, 2.75) is 0 Å². The Kier molecular flexibility index (Phi) is 5.04. The molecule has 2 heterocycles. The number of aromatic nitrogens is 5. The summed E-state index contributed by atoms with van der Waals surface area (Å²) in [4.78, 5) is 17.0. The molecule has 3 N–H and O–H groups in total. The van der Waals surface area contributed by atoms with E-state index in [-0.39, 0.29) is 5.91 Å². The van der Waals surface area contributed by atoms with E-state index >= 15 is 0 Å². The fourth-order valence-electron chi connectivity index (χ4n) is 3.31. The number of aryl methyl sites for hydroxylation is 1. The van der Waals surface area contributed by atoms with Crippen molar-refractivity contribution in [1.82, 2.24) is 25.0 Å². The van der Waals surface area contributed by atoms with Crippen LogP contribution in [0.15, 0.2) is 72.9 Å². The van der Waals surface area contributed by atoms with Gasteiger partial charge in [-0.05, 0) is 36.4 Å². The first-order valence-corrected chi connectivity index (χ1v) is 10.2. The number of fused-ring (bicyclic) bond motifs is 1. The Balaban J connectivity index is 1.35. The van der Waals surface area contributed by atoms with Gasteiger partial charge in [0.05, 0.1) is 22.4 Å². The minimum Gasteiger partial charge on any atom is -0.323 e. The molecule has 1 amide bonds. The van der Waals surface area contributed by atoms with Crippen LogP contribution in [0, 0.1) is 0 Å². The molecule has 8 nitrogen and oxygen atoms in total. The van der Waals surface area contributed by atoms with Gasteiger partial charge in [-0.1, -0.05) is 41.9 Å². The summed E-state index contributed by atoms with van der Waals surface area (Å²) in [5.41, 5.74) is 3.65. The maximum atomic E-state index is 12.5. The summed E-state index contributed by atoms with van der Waals surface area (Å²) >= 11 is 6.50. The Labute approximate surface area is 188 Å². The quantitative estimate of drug-likeness (QED) is 0.354. The summed E-state index contributed by atoms with van der Waals surface area (Å²) in [5.74, 6) is 0.893. The minimum absolute atomic E-state index is 0.177. The van der Waals surface area contributed by atoms with Gasteiger partial charge in [0.2, 0.25) is 5.95 Å². The summed E-state index contributed by atoms with van der Waals surface area (Å²) in [6.45, 7) is 0. The van der Waals surface area contributed by atoms with Crippen molar-refractivity contribution in [3.8, 4) is 11.4 Å². The van der Waals surface area contributed by atoms with E-state index in [1.165, 1.54) is 0 Å². The first kappa shape index (κ1) is 19.8. The van der Waals surface area contributed by atoms with Crippen LogP contribution in [0.5, 0.6) is 0 Å². The van der Waals surface area contributed by atoms with Crippen LogP contribution >= 0.6 is 11.6 Å². The van der Waals surface area contributed by atoms with Gasteiger partial charge in [-0.2, -0.15) is 10.1 Å². The molecule has 32 heavy (non-hydrogen) atoms. The highest BCUT2D eigenvalue weighted by Crippen LogP contribution is 2.32. The third-order valence-electron chi connectivity index (χ3n) is 5.00. The van der Waals surface area contributed by atoms with Gasteiger partial charge in [-0.25, -0.2) is 4.68 Å². The Morgan fingerprint density at radius 3 is 2.59 bits per heavy atom. The number of H-pyrrole nitrogens is 1. The van der Waals surface area contributed by atoms with Crippen LogP contribution in [0.1, 0.15) is 10.4 Å². The lowest BCUT2D eigenvalue weighted by Crippen LogP contribution is -2.11. The van der Waals surface area contributed by atoms with Crippen molar-refractivity contribution in [3.05, 3.63) is 83.5 Å². The molecule has 9 heteroatoms. The molecule has 0 aliphatic rings. The number of amides is 1. The molecule has 0 aliphatic heterocycles. The number of nitrogens with one attached hydrogen (secondary N) is 3. The number of aromatic amines is 1. The predicted octanol–water partition coefficient (Wildman–Crippen LogP) is 5.01. The lowest BCUT2D eigenvalue weighted by Gasteiger charge is -2.07. The number of hydrogen-bond donors (Lipinski definition) is 3. The maximum Gasteiger partial charge on any atom is 0.255 e. The molecule has 0 unspecified atom stereocenters. The molecular weight excluding hydrogens is 426 g/mol. The second-order valence-electron chi connectivity index (χ2n) is 7.16. The zero-order valence-electron chi connectivity index (χ0n) is 17.0. The second kappa shape index (κ2) is 8.16. The monoisotopic (exact) mass is 443 g/mol. The van der Waals surface area contributed by atoms with Crippen LogP contribution in [-0.2, 0) is 7.05 Å². The lowest BCUT2D eigenvalue weighted by atomic mass is 10.1. The number of halogens is 1. The number of benzene rings is 3. The van der Waals surface area contributed by atoms with Crippen molar-refractivity contribution in [2.24, 2.45) is 7.05 Å². The van der Waals surface area contributed by atoms with E-state index in [4.69, 9.17) is 11.6 Å². The molecule has 0 bridgehead atoms. The molecule has 0 spiro atoms. The Morgan fingerprint density at radius 1 is 1.03 bits per heavy atom. The maximum absolute atomic E-state index is 12.5. The van der Waals surface area contributed by atoms with Crippen molar-refractivity contribution in [2.75, 3.05) is 10.6 Å². The van der Waals surface area contributed by atoms with E-state index in [0.717, 1.165) is 22.2 Å². The van der Waals surface area contributed by atoms with Gasteiger partial charge in [0, 0.05) is 29.2 Å². The normalized spacial score (nSPS) is 10.9. The molecule has 0 atom stereocenters. The van der Waals surface area contributed by atoms with E-state index in [9.17, 15) is 4.79 Å². The summed E-state index contributed by atoms with van der Waals surface area (Å²) in [7, 11) is 1.80. The van der Waals surface area contributed by atoms with E-state index in [2.05, 4.69) is 30.9 Å². The van der Waals surface area contributed by atoms with Crippen molar-refractivity contribution >= 4 is 45.7 Å². The number of carbonyl (C=O) groups excluding carboxylic acids is 1. The molecule has 0 saturated carbocycles. The summed E-state index contributed by atoms with van der Waals surface area (Å²) in [6.07, 6.45) is 1.68. The zero-order chi connectivity index (χ0) is 22.1. The van der Waals surface area contributed by atoms with Crippen molar-refractivity contribution in [3.63, 3.8) is 0 Å². The molecule has 2 aromatic heterocycles. The number of nitrogens with zero attached hydrogens (tertiary/aromatic N) is 4. The number of carbonyl (C=O) groups is 1. The second-order valence-corrected chi connectivity index (χ2v) is 7.54. The molecule has 0 fully saturated rings. The standard InChI is InChI=1S/C23H18ClN7O/c1-31-23(27-19-12-11-18-17(20(19)24)13-25-29-18)28-21(30-31)14-7-9-15(10-8-14)22(32)26-16-5-3-2-4-6-16/h2-13H,1H3,(H,25,29)(H,26,32)(H,27,28,30). The van der Waals surface area contributed by atoms with Crippen LogP contribution in [0.25, 0.3) is 22.3 Å². The molecule has 158 valence electrons. The number of hydrogen-bond acceptors (Lipinski definition) is 5. The summed E-state index contributed by atoms with van der Waals surface area (Å²) in [5, 5.41) is 18.9. The Hall–Kier alpha value is -4.17. The first-order chi connectivity index (χ1) is 15.6. The third-order valence-corrected chi connectivity index (χ3v) is 5.41. The van der Waals surface area contributed by atoms with E-state index in [1.54, 1.807) is 30.1 Å². The number of anilines is 3. The molecule has 5 aromatic rings. The van der Waals surface area contributed by atoms with Gasteiger partial charge < -0.3 is 10.6 Å². The topological polar surface area (TPSA) is 101 Å². The van der Waals surface area contributed by atoms with Gasteiger partial charge in [-0.3, -0.25) is 9.89 Å². The Morgan fingerprint density at radius 2 is 1.81 bits per heavy atom. The minimum atomic E-state index is -0.177. The lowest BCUT2D eigenvalue weighted by molar-refractivity contribution is 0.102. The molecular formula is C23H18ClN7O. The SMILES string of the molecule is Cn1nc(-c2ccc(C(=O)Nc3ccccc3)cc2)nc1Nc1ccc2[nH]ncc2c1Cl. The van der Waals surface area contributed by atoms with E-state index in [0.29, 0.717) is 28.0 Å². The van der Waals surface area contributed by atoms with Crippen molar-refractivity contribution < 1.29 is 4.79 Å². The van der Waals surface area contributed by atoms with Crippen LogP contribution in [0.4, 0.5) is 17.3 Å². The average molecular weight is 444 g/mol. The van der Waals surface area contributed by atoms with Gasteiger partial charge in [-0.15, -0.1) is 5.10 Å². The molecule has 3 aromatic carbocycles. The predicted molar refractivity (Wildman–Crippen MR) is 125 cm³/mol. The molecule has 0 aliphatic carbocycles. The zero-order valence-corrected chi connectivity index (χ0v) is 17.8. The van der Waals surface area contributed by atoms with Gasteiger partial charge in [0.1, 0.15) is 0 Å². The van der Waals surface area contributed by atoms with Crippen LogP contribution in [0.2, 0.25) is 5.02 Å². The third kappa shape index (κ3) is 3.79. The molecule has 0 saturated heterocycles. The largest absolute Gasteiger partial charge is 0.323 e. The molecule has 5 rings (SSSR count). The van der Waals surface area contributed by atoms with Gasteiger partial charge in [0.25, 0.3) is 5.91 Å². The van der Waals surface area contributed by atoms with E-state index in [1.807, 2.05) is 54.6 Å². The Bertz CT molecular complexity index is 1410. The van der Waals surface area contributed by atoms with Crippen LogP contribution in [-0.4, -0.2) is 30.9 Å². The number of para-hydroxylation sites is 1. The summed E-state index contributed by atoms with van der Waals surface area (Å²) in [6, 6.07) is 20.2. The average Bonchev–Trinajstić information content (AvgIpc) is 3.44. The summed E-state index contributed by atoms with van der Waals surface area (Å²) < 4.78 is 1.64. The smallest absolute Gasteiger partial charge is 0.255 e. The van der Waals surface area contributed by atoms with Crippen molar-refractivity contribution in [1.29, 1.82) is 0 Å². The molecule has 0 radical (unpaired) electrons. The van der Waals surface area contributed by atoms with Crippen LogP contribution < -0.4 is 10.6 Å². The fourth-order valence-corrected chi connectivity index (χ4v) is 3.57. The van der Waals surface area contributed by atoms with Gasteiger partial charge in [0.15, 0.2) is 5.82 Å². The van der Waals surface area contributed by atoms with E-state index < -0.39 is 0 Å². The van der Waals surface area contributed by atoms with Gasteiger partial charge >= 0.3 is 0 Å². The highest BCUT2D eigenvalue weighted by atomic mass is 35.5. The fraction of sp³-hybridized carbons (Fsp3) is 0.0435. The number of rotatable bonds is 5.